The largest absolute Gasteiger partial charge is 0.368 e. The van der Waals surface area contributed by atoms with Crippen LogP contribution < -0.4 is 4.90 Å². The number of benzene rings is 2. The van der Waals surface area contributed by atoms with Crippen molar-refractivity contribution in [1.82, 2.24) is 0 Å². The second kappa shape index (κ2) is 7.98. The fourth-order valence-corrected chi connectivity index (χ4v) is 2.95. The zero-order valence-electron chi connectivity index (χ0n) is 14.0. The van der Waals surface area contributed by atoms with E-state index in [0.717, 1.165) is 22.4 Å². The lowest BCUT2D eigenvalue weighted by Gasteiger charge is -2.26. The molecule has 1 aliphatic rings. The first-order valence-electron chi connectivity index (χ1n) is 8.50. The number of hydrogen-bond acceptors (Lipinski definition) is 3. The molecule has 0 spiro atoms. The van der Waals surface area contributed by atoms with Gasteiger partial charge in [-0.05, 0) is 43.0 Å². The lowest BCUT2D eigenvalue weighted by atomic mass is 10.0. The summed E-state index contributed by atoms with van der Waals surface area (Å²) in [4.78, 5) is 14.6. The molecule has 0 saturated heterocycles. The van der Waals surface area contributed by atoms with Crippen LogP contribution in [0.5, 0.6) is 0 Å². The topological polar surface area (TPSA) is 60.8 Å². The van der Waals surface area contributed by atoms with E-state index >= 15 is 0 Å². The molecule has 0 aromatic heterocycles. The van der Waals surface area contributed by atoms with Crippen LogP contribution in [0.4, 0.5) is 5.69 Å². The van der Waals surface area contributed by atoms with Gasteiger partial charge in [-0.25, -0.2) is 0 Å². The first-order chi connectivity index (χ1) is 12.1. The van der Waals surface area contributed by atoms with E-state index in [1.165, 1.54) is 0 Å². The molecule has 0 fully saturated rings. The molecule has 1 heterocycles. The number of anilines is 1. The number of aliphatic hydroxyl groups excluding tert-OH is 1. The number of fused-ring (bicyclic) bond motifs is 2. The lowest BCUT2D eigenvalue weighted by Crippen LogP contribution is -2.31. The van der Waals surface area contributed by atoms with Crippen molar-refractivity contribution in [3.8, 4) is 11.8 Å². The summed E-state index contributed by atoms with van der Waals surface area (Å²) < 4.78 is 0. The zero-order chi connectivity index (χ0) is 17.6. The van der Waals surface area contributed by atoms with Gasteiger partial charge >= 0.3 is 0 Å². The minimum Gasteiger partial charge on any atom is -0.368 e. The van der Waals surface area contributed by atoms with Gasteiger partial charge in [-0.2, -0.15) is 0 Å². The average Bonchev–Trinajstić information content (AvgIpc) is 2.60. The minimum absolute atomic E-state index is 0.0263. The van der Waals surface area contributed by atoms with Crippen molar-refractivity contribution in [3.05, 3.63) is 65.2 Å². The number of amides is 1. The van der Waals surface area contributed by atoms with Gasteiger partial charge in [-0.15, -0.1) is 0 Å². The summed E-state index contributed by atoms with van der Waals surface area (Å²) in [6.07, 6.45) is 0.590. The SMILES string of the molecule is O=C(CCCCC(O)O)N1Cc2ccccc2C#Cc2ccccc21. The Morgan fingerprint density at radius 3 is 2.48 bits per heavy atom. The predicted octanol–water partition coefficient (Wildman–Crippen LogP) is 2.80. The number of unbranched alkanes of at least 4 members (excludes halogenated alkanes) is 1. The maximum atomic E-state index is 12.8. The molecule has 2 aromatic rings. The fraction of sp³-hybridized carbons (Fsp3) is 0.286. The highest BCUT2D eigenvalue weighted by atomic mass is 16.5. The second-order valence-electron chi connectivity index (χ2n) is 6.13. The van der Waals surface area contributed by atoms with Crippen LogP contribution in [0.1, 0.15) is 42.4 Å². The summed E-state index contributed by atoms with van der Waals surface area (Å²) in [5.74, 6) is 6.41. The van der Waals surface area contributed by atoms with E-state index in [0.29, 0.717) is 25.8 Å². The van der Waals surface area contributed by atoms with E-state index in [-0.39, 0.29) is 12.3 Å². The van der Waals surface area contributed by atoms with Gasteiger partial charge in [0.2, 0.25) is 5.91 Å². The van der Waals surface area contributed by atoms with Crippen LogP contribution in [0.25, 0.3) is 0 Å². The van der Waals surface area contributed by atoms with Gasteiger partial charge in [0.15, 0.2) is 6.29 Å². The van der Waals surface area contributed by atoms with Crippen molar-refractivity contribution in [1.29, 1.82) is 0 Å². The summed E-state index contributed by atoms with van der Waals surface area (Å²) in [6.45, 7) is 0.489. The molecule has 25 heavy (non-hydrogen) atoms. The number of aliphatic hydroxyl groups is 2. The third-order valence-electron chi connectivity index (χ3n) is 4.28. The monoisotopic (exact) mass is 335 g/mol. The highest BCUT2D eigenvalue weighted by Crippen LogP contribution is 2.26. The molecular weight excluding hydrogens is 314 g/mol. The normalized spacial score (nSPS) is 12.5. The Morgan fingerprint density at radius 2 is 1.68 bits per heavy atom. The average molecular weight is 335 g/mol. The molecule has 4 nitrogen and oxygen atoms in total. The Labute approximate surface area is 147 Å². The van der Waals surface area contributed by atoms with Crippen molar-refractivity contribution < 1.29 is 15.0 Å². The lowest BCUT2D eigenvalue weighted by molar-refractivity contribution is -0.119. The molecule has 2 aromatic carbocycles. The first kappa shape index (κ1) is 17.2. The van der Waals surface area contributed by atoms with Gasteiger partial charge in [-0.3, -0.25) is 4.79 Å². The van der Waals surface area contributed by atoms with E-state index in [2.05, 4.69) is 11.8 Å². The number of carbonyl (C=O) groups excluding carboxylic acids is 1. The number of hydrogen-bond donors (Lipinski definition) is 2. The Bertz CT molecular complexity index is 817. The number of carbonyl (C=O) groups is 1. The Morgan fingerprint density at radius 1 is 1.00 bits per heavy atom. The van der Waals surface area contributed by atoms with Crippen LogP contribution >= 0.6 is 0 Å². The molecule has 1 amide bonds. The first-order valence-corrected chi connectivity index (χ1v) is 8.50. The number of rotatable bonds is 5. The highest BCUT2D eigenvalue weighted by Gasteiger charge is 2.20. The van der Waals surface area contributed by atoms with Crippen molar-refractivity contribution >= 4 is 11.6 Å². The van der Waals surface area contributed by atoms with E-state index < -0.39 is 6.29 Å². The molecule has 0 bridgehead atoms. The van der Waals surface area contributed by atoms with E-state index in [1.807, 2.05) is 48.5 Å². The van der Waals surface area contributed by atoms with Crippen LogP contribution in [0.15, 0.2) is 48.5 Å². The number of nitrogens with zero attached hydrogens (tertiary/aromatic N) is 1. The maximum absolute atomic E-state index is 12.8. The van der Waals surface area contributed by atoms with Crippen molar-refractivity contribution in [2.24, 2.45) is 0 Å². The molecular formula is C21H21NO3. The molecule has 0 saturated carbocycles. The molecule has 0 radical (unpaired) electrons. The molecule has 3 rings (SSSR count). The molecule has 2 N–H and O–H groups in total. The predicted molar refractivity (Wildman–Crippen MR) is 96.7 cm³/mol. The Hall–Kier alpha value is -2.61. The van der Waals surface area contributed by atoms with Gasteiger partial charge in [0.1, 0.15) is 0 Å². The van der Waals surface area contributed by atoms with Crippen molar-refractivity contribution in [3.63, 3.8) is 0 Å². The van der Waals surface area contributed by atoms with Crippen LogP contribution in [-0.4, -0.2) is 22.4 Å². The Kier molecular flexibility index (Phi) is 5.49. The van der Waals surface area contributed by atoms with Gasteiger partial charge in [0.25, 0.3) is 0 Å². The molecule has 0 unspecified atom stereocenters. The van der Waals surface area contributed by atoms with Crippen LogP contribution in [0, 0.1) is 11.8 Å². The molecule has 0 aliphatic carbocycles. The maximum Gasteiger partial charge on any atom is 0.227 e. The summed E-state index contributed by atoms with van der Waals surface area (Å²) in [6, 6.07) is 15.6. The van der Waals surface area contributed by atoms with Gasteiger partial charge < -0.3 is 15.1 Å². The summed E-state index contributed by atoms with van der Waals surface area (Å²) in [7, 11) is 0. The minimum atomic E-state index is -1.31. The third-order valence-corrected chi connectivity index (χ3v) is 4.28. The molecule has 0 atom stereocenters. The van der Waals surface area contributed by atoms with Crippen LogP contribution in [0.2, 0.25) is 0 Å². The van der Waals surface area contributed by atoms with Crippen molar-refractivity contribution in [2.45, 2.75) is 38.5 Å². The highest BCUT2D eigenvalue weighted by molar-refractivity contribution is 5.95. The molecule has 128 valence electrons. The van der Waals surface area contributed by atoms with Crippen LogP contribution in [-0.2, 0) is 11.3 Å². The second-order valence-corrected chi connectivity index (χ2v) is 6.13. The molecule has 1 aliphatic heterocycles. The van der Waals surface area contributed by atoms with E-state index in [1.54, 1.807) is 4.90 Å². The van der Waals surface area contributed by atoms with Gasteiger partial charge in [-0.1, -0.05) is 42.2 Å². The number of para-hydroxylation sites is 1. The standard InChI is InChI=1S/C21H21NO3/c23-20(11-5-6-12-21(24)25)22-15-18-9-2-1-7-16(18)13-14-17-8-3-4-10-19(17)22/h1-4,7-10,21,24-25H,5-6,11-12,15H2. The summed E-state index contributed by atoms with van der Waals surface area (Å²) >= 11 is 0. The van der Waals surface area contributed by atoms with Gasteiger partial charge in [0, 0.05) is 17.5 Å². The fourth-order valence-electron chi connectivity index (χ4n) is 2.95. The zero-order valence-corrected chi connectivity index (χ0v) is 14.0. The smallest absolute Gasteiger partial charge is 0.227 e. The van der Waals surface area contributed by atoms with Crippen molar-refractivity contribution in [2.75, 3.05) is 4.90 Å². The quantitative estimate of drug-likeness (QED) is 0.502. The summed E-state index contributed by atoms with van der Waals surface area (Å²) in [5.41, 5.74) is 3.65. The van der Waals surface area contributed by atoms with E-state index in [9.17, 15) is 4.79 Å². The Balaban J connectivity index is 1.86. The third kappa shape index (κ3) is 4.27. The molecule has 4 heteroatoms. The van der Waals surface area contributed by atoms with Crippen LogP contribution in [0.3, 0.4) is 0 Å². The van der Waals surface area contributed by atoms with Gasteiger partial charge in [0.05, 0.1) is 12.2 Å². The van der Waals surface area contributed by atoms with E-state index in [4.69, 9.17) is 10.2 Å². The summed E-state index contributed by atoms with van der Waals surface area (Å²) in [5, 5.41) is 17.8.